The lowest BCUT2D eigenvalue weighted by Crippen LogP contribution is -1.97. The summed E-state index contributed by atoms with van der Waals surface area (Å²) in [6.45, 7) is 5.12. The first-order valence-corrected chi connectivity index (χ1v) is 6.74. The molecule has 0 saturated carbocycles. The van der Waals surface area contributed by atoms with Gasteiger partial charge < -0.3 is 9.47 Å². The van der Waals surface area contributed by atoms with Gasteiger partial charge in [-0.3, -0.25) is 0 Å². The van der Waals surface area contributed by atoms with Crippen LogP contribution in [0.1, 0.15) is 26.7 Å². The van der Waals surface area contributed by atoms with E-state index in [1.165, 1.54) is 0 Å². The summed E-state index contributed by atoms with van der Waals surface area (Å²) in [6.07, 6.45) is 2.12. The Kier molecular flexibility index (Phi) is 4.61. The van der Waals surface area contributed by atoms with Crippen molar-refractivity contribution in [2.75, 3.05) is 13.2 Å². The monoisotopic (exact) mass is 262 g/mol. The Labute approximate surface area is 113 Å². The number of unbranched alkanes of at least 4 members (excludes halogenated alkanes) is 1. The predicted molar refractivity (Wildman–Crippen MR) is 75.5 cm³/mol. The van der Waals surface area contributed by atoms with Crippen LogP contribution < -0.4 is 9.47 Å². The van der Waals surface area contributed by atoms with Crippen molar-refractivity contribution >= 4 is 10.8 Å². The molecule has 2 aromatic carbocycles. The van der Waals surface area contributed by atoms with Crippen molar-refractivity contribution in [3.8, 4) is 11.5 Å². The zero-order valence-corrected chi connectivity index (χ0v) is 11.4. The minimum absolute atomic E-state index is 0.301. The van der Waals surface area contributed by atoms with E-state index in [1.54, 1.807) is 18.2 Å². The largest absolute Gasteiger partial charge is 0.494 e. The van der Waals surface area contributed by atoms with E-state index < -0.39 is 0 Å². The maximum absolute atomic E-state index is 14.1. The van der Waals surface area contributed by atoms with Crippen molar-refractivity contribution in [1.82, 2.24) is 0 Å². The second-order valence-corrected chi connectivity index (χ2v) is 4.40. The molecule has 0 N–H and O–H groups in total. The Morgan fingerprint density at radius 1 is 1.05 bits per heavy atom. The van der Waals surface area contributed by atoms with Gasteiger partial charge in [-0.1, -0.05) is 19.4 Å². The number of ether oxygens (including phenoxy) is 2. The van der Waals surface area contributed by atoms with E-state index in [1.807, 2.05) is 19.1 Å². The molecule has 0 aliphatic carbocycles. The molecule has 0 heterocycles. The van der Waals surface area contributed by atoms with Gasteiger partial charge in [-0.15, -0.1) is 0 Å². The molecule has 19 heavy (non-hydrogen) atoms. The molecule has 0 saturated heterocycles. The lowest BCUT2D eigenvalue weighted by Gasteiger charge is -2.09. The second-order valence-electron chi connectivity index (χ2n) is 4.40. The number of halogens is 1. The Morgan fingerprint density at radius 2 is 1.89 bits per heavy atom. The molecule has 3 heteroatoms. The summed E-state index contributed by atoms with van der Waals surface area (Å²) < 4.78 is 25.0. The normalized spacial score (nSPS) is 10.7. The topological polar surface area (TPSA) is 18.5 Å². The van der Waals surface area contributed by atoms with Gasteiger partial charge in [0, 0.05) is 5.39 Å². The molecule has 0 fully saturated rings. The summed E-state index contributed by atoms with van der Waals surface area (Å²) in [4.78, 5) is 0. The molecule has 0 aromatic heterocycles. The summed E-state index contributed by atoms with van der Waals surface area (Å²) in [7, 11) is 0. The average Bonchev–Trinajstić information content (AvgIpc) is 2.42. The lowest BCUT2D eigenvalue weighted by atomic mass is 10.1. The highest BCUT2D eigenvalue weighted by atomic mass is 19.1. The van der Waals surface area contributed by atoms with Gasteiger partial charge >= 0.3 is 0 Å². The first-order valence-electron chi connectivity index (χ1n) is 6.74. The van der Waals surface area contributed by atoms with Gasteiger partial charge in [-0.25, -0.2) is 4.39 Å². The fourth-order valence-corrected chi connectivity index (χ4v) is 1.94. The van der Waals surface area contributed by atoms with Gasteiger partial charge in [0.25, 0.3) is 0 Å². The van der Waals surface area contributed by atoms with Gasteiger partial charge in [-0.2, -0.15) is 0 Å². The van der Waals surface area contributed by atoms with Crippen molar-refractivity contribution in [2.45, 2.75) is 26.7 Å². The SMILES string of the molecule is CCCCOc1ccc2c(F)c(OCC)ccc2c1. The molecule has 0 aliphatic heterocycles. The van der Waals surface area contributed by atoms with Crippen LogP contribution in [0.4, 0.5) is 4.39 Å². The van der Waals surface area contributed by atoms with Crippen LogP contribution >= 0.6 is 0 Å². The van der Waals surface area contributed by atoms with Gasteiger partial charge in [0.2, 0.25) is 0 Å². The van der Waals surface area contributed by atoms with E-state index in [-0.39, 0.29) is 5.82 Å². The first kappa shape index (κ1) is 13.7. The summed E-state index contributed by atoms with van der Waals surface area (Å²) in [5.74, 6) is 0.776. The third kappa shape index (κ3) is 3.16. The molecule has 0 unspecified atom stereocenters. The van der Waals surface area contributed by atoms with E-state index in [0.717, 1.165) is 24.0 Å². The third-order valence-electron chi connectivity index (χ3n) is 2.96. The highest BCUT2D eigenvalue weighted by molar-refractivity contribution is 5.86. The minimum Gasteiger partial charge on any atom is -0.494 e. The molecular weight excluding hydrogens is 243 g/mol. The number of hydrogen-bond acceptors (Lipinski definition) is 2. The highest BCUT2D eigenvalue weighted by Gasteiger charge is 2.08. The molecule has 2 aromatic rings. The highest BCUT2D eigenvalue weighted by Crippen LogP contribution is 2.29. The Bertz CT molecular complexity index is 552. The van der Waals surface area contributed by atoms with E-state index in [4.69, 9.17) is 9.47 Å². The van der Waals surface area contributed by atoms with Gasteiger partial charge in [0.15, 0.2) is 11.6 Å². The van der Waals surface area contributed by atoms with Crippen LogP contribution in [0, 0.1) is 5.82 Å². The second kappa shape index (κ2) is 6.41. The summed E-state index contributed by atoms with van der Waals surface area (Å²) in [5.41, 5.74) is 0. The fourth-order valence-electron chi connectivity index (χ4n) is 1.94. The summed E-state index contributed by atoms with van der Waals surface area (Å²) >= 11 is 0. The van der Waals surface area contributed by atoms with Crippen molar-refractivity contribution in [1.29, 1.82) is 0 Å². The van der Waals surface area contributed by atoms with Crippen LogP contribution in [-0.4, -0.2) is 13.2 Å². The molecule has 0 atom stereocenters. The number of fused-ring (bicyclic) bond motifs is 1. The Hall–Kier alpha value is -1.77. The van der Waals surface area contributed by atoms with E-state index in [0.29, 0.717) is 24.3 Å². The van der Waals surface area contributed by atoms with Crippen LogP contribution in [-0.2, 0) is 0 Å². The zero-order chi connectivity index (χ0) is 13.7. The minimum atomic E-state index is -0.306. The number of rotatable bonds is 6. The Morgan fingerprint density at radius 3 is 2.63 bits per heavy atom. The van der Waals surface area contributed by atoms with E-state index >= 15 is 0 Å². The van der Waals surface area contributed by atoms with E-state index in [9.17, 15) is 4.39 Å². The zero-order valence-electron chi connectivity index (χ0n) is 11.4. The van der Waals surface area contributed by atoms with Crippen LogP contribution in [0.3, 0.4) is 0 Å². The molecule has 0 radical (unpaired) electrons. The maximum atomic E-state index is 14.1. The summed E-state index contributed by atoms with van der Waals surface area (Å²) in [5, 5.41) is 1.39. The maximum Gasteiger partial charge on any atom is 0.172 e. The molecule has 2 rings (SSSR count). The fraction of sp³-hybridized carbons (Fsp3) is 0.375. The van der Waals surface area contributed by atoms with Crippen molar-refractivity contribution in [2.24, 2.45) is 0 Å². The van der Waals surface area contributed by atoms with Crippen LogP contribution in [0.25, 0.3) is 10.8 Å². The third-order valence-corrected chi connectivity index (χ3v) is 2.96. The molecule has 102 valence electrons. The molecular formula is C16H19FO2. The van der Waals surface area contributed by atoms with Crippen LogP contribution in [0.15, 0.2) is 30.3 Å². The van der Waals surface area contributed by atoms with Gasteiger partial charge in [0.1, 0.15) is 5.75 Å². The predicted octanol–water partition coefficient (Wildman–Crippen LogP) is 4.56. The molecule has 0 amide bonds. The average molecular weight is 262 g/mol. The standard InChI is InChI=1S/C16H19FO2/c1-3-5-10-19-13-7-8-14-12(11-13)6-9-15(16(14)17)18-4-2/h6-9,11H,3-5,10H2,1-2H3. The van der Waals surface area contributed by atoms with Gasteiger partial charge in [0.05, 0.1) is 13.2 Å². The van der Waals surface area contributed by atoms with Gasteiger partial charge in [-0.05, 0) is 43.0 Å². The summed E-state index contributed by atoms with van der Waals surface area (Å²) in [6, 6.07) is 8.93. The van der Waals surface area contributed by atoms with Crippen LogP contribution in [0.2, 0.25) is 0 Å². The lowest BCUT2D eigenvalue weighted by molar-refractivity contribution is 0.309. The number of benzene rings is 2. The molecule has 2 nitrogen and oxygen atoms in total. The van der Waals surface area contributed by atoms with E-state index in [2.05, 4.69) is 6.92 Å². The van der Waals surface area contributed by atoms with Crippen molar-refractivity contribution < 1.29 is 13.9 Å². The van der Waals surface area contributed by atoms with Crippen LogP contribution in [0.5, 0.6) is 11.5 Å². The smallest absolute Gasteiger partial charge is 0.172 e. The Balaban J connectivity index is 2.27. The number of hydrogen-bond donors (Lipinski definition) is 0. The molecule has 0 aliphatic rings. The molecule has 0 spiro atoms. The van der Waals surface area contributed by atoms with Crippen molar-refractivity contribution in [3.63, 3.8) is 0 Å². The molecule has 0 bridgehead atoms. The first-order chi connectivity index (χ1) is 9.26. The quantitative estimate of drug-likeness (QED) is 0.711. The van der Waals surface area contributed by atoms with Crippen molar-refractivity contribution in [3.05, 3.63) is 36.1 Å².